The van der Waals surface area contributed by atoms with Gasteiger partial charge >= 0.3 is 6.18 Å². The van der Waals surface area contributed by atoms with Gasteiger partial charge in [0.2, 0.25) is 5.91 Å². The molecule has 0 saturated heterocycles. The molecule has 2 rings (SSSR count). The lowest BCUT2D eigenvalue weighted by Crippen LogP contribution is -2.44. The van der Waals surface area contributed by atoms with Crippen LogP contribution < -0.4 is 4.90 Å². The van der Waals surface area contributed by atoms with Crippen molar-refractivity contribution in [2.24, 2.45) is 5.41 Å². The lowest BCUT2D eigenvalue weighted by Gasteiger charge is -2.28. The minimum atomic E-state index is -4.63. The van der Waals surface area contributed by atoms with Crippen molar-refractivity contribution in [2.75, 3.05) is 4.90 Å². The van der Waals surface area contributed by atoms with Crippen molar-refractivity contribution in [3.63, 3.8) is 0 Å². The van der Waals surface area contributed by atoms with Crippen LogP contribution in [0, 0.1) is 5.41 Å². The molecule has 0 atom stereocenters. The number of anilines is 1. The molecule has 0 aliphatic carbocycles. The summed E-state index contributed by atoms with van der Waals surface area (Å²) in [4.78, 5) is 30.2. The molecule has 0 saturated carbocycles. The number of alkyl halides is 3. The molecular weight excluding hydrogens is 404 g/mol. The topological polar surface area (TPSA) is 50.3 Å². The van der Waals surface area contributed by atoms with Crippen LogP contribution in [0.25, 0.3) is 0 Å². The van der Waals surface area contributed by atoms with Crippen LogP contribution >= 0.6 is 23.2 Å². The van der Waals surface area contributed by atoms with E-state index in [-0.39, 0.29) is 21.6 Å². The number of amides is 2. The van der Waals surface area contributed by atoms with Crippen LogP contribution in [0.2, 0.25) is 10.3 Å². The van der Waals surface area contributed by atoms with E-state index >= 15 is 0 Å². The maximum absolute atomic E-state index is 13.1. The molecule has 1 aromatic carbocycles. The van der Waals surface area contributed by atoms with Crippen molar-refractivity contribution >= 4 is 40.7 Å². The average Bonchev–Trinajstić information content (AvgIpc) is 2.52. The highest BCUT2D eigenvalue weighted by Gasteiger charge is 2.36. The number of nitrogens with zero attached hydrogens (tertiary/aromatic N) is 2. The highest BCUT2D eigenvalue weighted by atomic mass is 35.5. The fourth-order valence-electron chi connectivity index (χ4n) is 2.20. The van der Waals surface area contributed by atoms with E-state index in [1.54, 1.807) is 20.8 Å². The van der Waals surface area contributed by atoms with Crippen LogP contribution in [0.4, 0.5) is 18.9 Å². The summed E-state index contributed by atoms with van der Waals surface area (Å²) in [5.41, 5.74) is -2.30. The molecule has 0 fully saturated rings. The van der Waals surface area contributed by atoms with Gasteiger partial charge in [-0.25, -0.2) is 9.88 Å². The summed E-state index contributed by atoms with van der Waals surface area (Å²) >= 11 is 11.6. The molecule has 9 heteroatoms. The van der Waals surface area contributed by atoms with Crippen molar-refractivity contribution in [1.82, 2.24) is 4.98 Å². The number of aromatic nitrogens is 1. The van der Waals surface area contributed by atoms with Crippen molar-refractivity contribution in [1.29, 1.82) is 0 Å². The number of hydrogen-bond donors (Lipinski definition) is 0. The zero-order chi connectivity index (χ0) is 20.6. The van der Waals surface area contributed by atoms with Crippen LogP contribution in [-0.4, -0.2) is 16.8 Å². The second-order valence-corrected chi connectivity index (χ2v) is 7.52. The predicted molar refractivity (Wildman–Crippen MR) is 97.0 cm³/mol. The fourth-order valence-corrected chi connectivity index (χ4v) is 2.66. The Morgan fingerprint density at radius 3 is 2.04 bits per heavy atom. The van der Waals surface area contributed by atoms with Crippen molar-refractivity contribution < 1.29 is 22.8 Å². The third-order valence-electron chi connectivity index (χ3n) is 3.49. The molecule has 0 bridgehead atoms. The smallest absolute Gasteiger partial charge is 0.273 e. The van der Waals surface area contributed by atoms with Gasteiger partial charge in [0, 0.05) is 11.0 Å². The standard InChI is InChI=1S/C18H15Cl2F3N2O2/c1-17(2,3)16(27)25(12-6-4-5-11(9-12)18(21,22)23)15(26)10-7-13(19)24-14(20)8-10/h4-9H,1-3H3. The Kier molecular flexibility index (Phi) is 5.87. The second-order valence-electron chi connectivity index (χ2n) is 6.75. The van der Waals surface area contributed by atoms with Crippen molar-refractivity contribution in [3.8, 4) is 0 Å². The lowest BCUT2D eigenvalue weighted by molar-refractivity contribution is -0.137. The molecule has 4 nitrogen and oxygen atoms in total. The number of halogens is 5. The normalized spacial score (nSPS) is 12.0. The Morgan fingerprint density at radius 2 is 1.56 bits per heavy atom. The van der Waals surface area contributed by atoms with Gasteiger partial charge in [-0.05, 0) is 30.3 Å². The SMILES string of the molecule is CC(C)(C)C(=O)N(C(=O)c1cc(Cl)nc(Cl)c1)c1cccc(C(F)(F)F)c1. The molecule has 0 spiro atoms. The summed E-state index contributed by atoms with van der Waals surface area (Å²) in [5.74, 6) is -1.55. The van der Waals surface area contributed by atoms with E-state index in [0.717, 1.165) is 18.2 Å². The van der Waals surface area contributed by atoms with E-state index in [4.69, 9.17) is 23.2 Å². The van der Waals surface area contributed by atoms with Crippen LogP contribution in [0.3, 0.4) is 0 Å². The first-order valence-electron chi connectivity index (χ1n) is 7.70. The van der Waals surface area contributed by atoms with Gasteiger partial charge in [0.1, 0.15) is 10.3 Å². The van der Waals surface area contributed by atoms with Gasteiger partial charge in [-0.2, -0.15) is 13.2 Å². The molecule has 1 aromatic heterocycles. The molecule has 0 aliphatic heterocycles. The molecular formula is C18H15Cl2F3N2O2. The van der Waals surface area contributed by atoms with Gasteiger partial charge in [-0.1, -0.05) is 50.0 Å². The van der Waals surface area contributed by atoms with Crippen LogP contribution in [0.1, 0.15) is 36.7 Å². The minimum absolute atomic E-state index is 0.0741. The summed E-state index contributed by atoms with van der Waals surface area (Å²) in [5, 5.41) is -0.170. The van der Waals surface area contributed by atoms with E-state index in [0.29, 0.717) is 4.90 Å². The van der Waals surface area contributed by atoms with Gasteiger partial charge in [-0.3, -0.25) is 9.59 Å². The summed E-state index contributed by atoms with van der Waals surface area (Å²) in [6, 6.07) is 6.35. The number of imide groups is 1. The summed E-state index contributed by atoms with van der Waals surface area (Å²) in [7, 11) is 0. The van der Waals surface area contributed by atoms with E-state index < -0.39 is 29.0 Å². The Labute approximate surface area is 163 Å². The zero-order valence-corrected chi connectivity index (χ0v) is 16.1. The molecule has 27 heavy (non-hydrogen) atoms. The van der Waals surface area contributed by atoms with Crippen molar-refractivity contribution in [2.45, 2.75) is 26.9 Å². The lowest BCUT2D eigenvalue weighted by atomic mass is 9.93. The van der Waals surface area contributed by atoms with E-state index in [1.807, 2.05) is 0 Å². The highest BCUT2D eigenvalue weighted by molar-refractivity contribution is 6.33. The van der Waals surface area contributed by atoms with E-state index in [9.17, 15) is 22.8 Å². The van der Waals surface area contributed by atoms with Gasteiger partial charge in [0.05, 0.1) is 11.3 Å². The van der Waals surface area contributed by atoms with Crippen LogP contribution in [0.15, 0.2) is 36.4 Å². The molecule has 0 N–H and O–H groups in total. The Bertz CT molecular complexity index is 873. The number of hydrogen-bond acceptors (Lipinski definition) is 3. The molecule has 0 radical (unpaired) electrons. The summed E-state index contributed by atoms with van der Waals surface area (Å²) in [6.45, 7) is 4.65. The van der Waals surface area contributed by atoms with E-state index in [2.05, 4.69) is 4.98 Å². The largest absolute Gasteiger partial charge is 0.416 e. The average molecular weight is 419 g/mol. The number of carbonyl (C=O) groups excluding carboxylic acids is 2. The first-order chi connectivity index (χ1) is 12.3. The number of carbonyl (C=O) groups is 2. The van der Waals surface area contributed by atoms with Gasteiger partial charge < -0.3 is 0 Å². The molecule has 1 heterocycles. The van der Waals surface area contributed by atoms with E-state index in [1.165, 1.54) is 18.2 Å². The Morgan fingerprint density at radius 1 is 1.00 bits per heavy atom. The first kappa shape index (κ1) is 21.2. The molecule has 0 aliphatic rings. The number of benzene rings is 1. The Hall–Kier alpha value is -2.12. The Balaban J connectivity index is 2.62. The first-order valence-corrected chi connectivity index (χ1v) is 8.45. The fraction of sp³-hybridized carbons (Fsp3) is 0.278. The van der Waals surface area contributed by atoms with Crippen LogP contribution in [-0.2, 0) is 11.0 Å². The highest BCUT2D eigenvalue weighted by Crippen LogP contribution is 2.33. The molecule has 2 amide bonds. The monoisotopic (exact) mass is 418 g/mol. The summed E-state index contributed by atoms with van der Waals surface area (Å²) < 4.78 is 39.2. The third kappa shape index (κ3) is 4.99. The van der Waals surface area contributed by atoms with Gasteiger partial charge in [0.15, 0.2) is 0 Å². The van der Waals surface area contributed by atoms with Gasteiger partial charge in [0.25, 0.3) is 5.91 Å². The van der Waals surface area contributed by atoms with Crippen molar-refractivity contribution in [3.05, 3.63) is 57.8 Å². The quantitative estimate of drug-likeness (QED) is 0.594. The predicted octanol–water partition coefficient (Wildman–Crippen LogP) is 5.63. The zero-order valence-electron chi connectivity index (χ0n) is 14.6. The number of pyridine rings is 1. The second kappa shape index (κ2) is 7.48. The third-order valence-corrected chi connectivity index (χ3v) is 3.88. The number of rotatable bonds is 2. The maximum Gasteiger partial charge on any atom is 0.416 e. The summed E-state index contributed by atoms with van der Waals surface area (Å²) in [6.07, 6.45) is -4.63. The van der Waals surface area contributed by atoms with Gasteiger partial charge in [-0.15, -0.1) is 0 Å². The molecule has 2 aromatic rings. The van der Waals surface area contributed by atoms with Crippen LogP contribution in [0.5, 0.6) is 0 Å². The molecule has 0 unspecified atom stereocenters. The molecule has 144 valence electrons. The maximum atomic E-state index is 13.1. The minimum Gasteiger partial charge on any atom is -0.273 e.